The van der Waals surface area contributed by atoms with Gasteiger partial charge in [-0.2, -0.15) is 0 Å². The maximum atomic E-state index is 13.6. The summed E-state index contributed by atoms with van der Waals surface area (Å²) in [5.41, 5.74) is 2.86. The van der Waals surface area contributed by atoms with Gasteiger partial charge in [-0.3, -0.25) is 14.7 Å². The number of piperidine rings is 1. The minimum absolute atomic E-state index is 0.0325. The van der Waals surface area contributed by atoms with Crippen molar-refractivity contribution in [2.75, 3.05) is 13.1 Å². The lowest BCUT2D eigenvalue weighted by Gasteiger charge is -2.32. The summed E-state index contributed by atoms with van der Waals surface area (Å²) in [5.74, 6) is -2.13. The van der Waals surface area contributed by atoms with E-state index in [0.29, 0.717) is 31.0 Å². The van der Waals surface area contributed by atoms with Crippen LogP contribution in [-0.2, 0) is 6.54 Å². The van der Waals surface area contributed by atoms with Crippen molar-refractivity contribution in [2.24, 2.45) is 0 Å². The SMILES string of the molecule is O=c1cc(-c2ccncc2)nc(-c2ccc(CN3CCCC(F)(F)C3)cc2)[nH]1. The predicted molar refractivity (Wildman–Crippen MR) is 103 cm³/mol. The number of alkyl halides is 2. The Bertz CT molecular complexity index is 1000. The second-order valence-corrected chi connectivity index (χ2v) is 7.08. The number of rotatable bonds is 4. The molecule has 0 spiro atoms. The van der Waals surface area contributed by atoms with Crippen molar-refractivity contribution in [3.8, 4) is 22.6 Å². The van der Waals surface area contributed by atoms with Crippen LogP contribution < -0.4 is 5.56 Å². The molecule has 0 unspecified atom stereocenters. The Morgan fingerprint density at radius 1 is 1.07 bits per heavy atom. The van der Waals surface area contributed by atoms with Crippen LogP contribution in [0.15, 0.2) is 59.7 Å². The number of aromatic nitrogens is 3. The number of aromatic amines is 1. The molecule has 28 heavy (non-hydrogen) atoms. The maximum Gasteiger partial charge on any atom is 0.260 e. The molecule has 0 bridgehead atoms. The highest BCUT2D eigenvalue weighted by molar-refractivity contribution is 5.63. The summed E-state index contributed by atoms with van der Waals surface area (Å²) < 4.78 is 27.1. The van der Waals surface area contributed by atoms with Gasteiger partial charge in [0.2, 0.25) is 0 Å². The van der Waals surface area contributed by atoms with E-state index < -0.39 is 5.92 Å². The quantitative estimate of drug-likeness (QED) is 0.747. The van der Waals surface area contributed by atoms with Gasteiger partial charge in [0.25, 0.3) is 11.5 Å². The van der Waals surface area contributed by atoms with Gasteiger partial charge >= 0.3 is 0 Å². The Hall–Kier alpha value is -2.93. The molecular formula is C21H20F2N4O. The summed E-state index contributed by atoms with van der Waals surface area (Å²) >= 11 is 0. The van der Waals surface area contributed by atoms with E-state index in [1.54, 1.807) is 29.4 Å². The number of hydrogen-bond acceptors (Lipinski definition) is 4. The molecule has 1 aliphatic rings. The molecule has 0 aliphatic carbocycles. The number of H-pyrrole nitrogens is 1. The zero-order valence-corrected chi connectivity index (χ0v) is 15.2. The van der Waals surface area contributed by atoms with E-state index in [2.05, 4.69) is 15.0 Å². The first-order valence-electron chi connectivity index (χ1n) is 9.20. The molecule has 1 fully saturated rings. The molecule has 0 radical (unpaired) electrons. The highest BCUT2D eigenvalue weighted by atomic mass is 19.3. The number of benzene rings is 1. The van der Waals surface area contributed by atoms with Crippen molar-refractivity contribution < 1.29 is 8.78 Å². The fourth-order valence-corrected chi connectivity index (χ4v) is 3.47. The van der Waals surface area contributed by atoms with E-state index in [1.165, 1.54) is 6.07 Å². The van der Waals surface area contributed by atoms with Crippen molar-refractivity contribution in [3.63, 3.8) is 0 Å². The molecule has 0 saturated carbocycles. The van der Waals surface area contributed by atoms with E-state index in [1.807, 2.05) is 24.3 Å². The van der Waals surface area contributed by atoms with Gasteiger partial charge in [0.1, 0.15) is 5.82 Å². The molecule has 7 heteroatoms. The zero-order chi connectivity index (χ0) is 19.6. The van der Waals surface area contributed by atoms with Gasteiger partial charge in [0, 0.05) is 42.6 Å². The van der Waals surface area contributed by atoms with Crippen molar-refractivity contribution in [1.29, 1.82) is 0 Å². The smallest absolute Gasteiger partial charge is 0.260 e. The van der Waals surface area contributed by atoms with Gasteiger partial charge in [0.05, 0.1) is 12.2 Å². The number of hydrogen-bond donors (Lipinski definition) is 1. The zero-order valence-electron chi connectivity index (χ0n) is 15.2. The summed E-state index contributed by atoms with van der Waals surface area (Å²) in [5, 5.41) is 0. The molecule has 2 aromatic heterocycles. The normalized spacial score (nSPS) is 16.8. The first-order valence-corrected chi connectivity index (χ1v) is 9.20. The maximum absolute atomic E-state index is 13.6. The summed E-state index contributed by atoms with van der Waals surface area (Å²) in [6.45, 7) is 0.967. The third-order valence-corrected chi connectivity index (χ3v) is 4.82. The Balaban J connectivity index is 1.54. The molecule has 0 amide bonds. The molecule has 1 saturated heterocycles. The van der Waals surface area contributed by atoms with Crippen LogP contribution in [0.5, 0.6) is 0 Å². The fourth-order valence-electron chi connectivity index (χ4n) is 3.47. The molecule has 1 N–H and O–H groups in total. The van der Waals surface area contributed by atoms with Crippen molar-refractivity contribution in [2.45, 2.75) is 25.3 Å². The van der Waals surface area contributed by atoms with Gasteiger partial charge < -0.3 is 4.98 Å². The molecular weight excluding hydrogens is 362 g/mol. The number of likely N-dealkylation sites (tertiary alicyclic amines) is 1. The van der Waals surface area contributed by atoms with Crippen LogP contribution in [0, 0.1) is 0 Å². The van der Waals surface area contributed by atoms with Crippen LogP contribution in [0.3, 0.4) is 0 Å². The second-order valence-electron chi connectivity index (χ2n) is 7.08. The van der Waals surface area contributed by atoms with Crippen molar-refractivity contribution in [3.05, 3.63) is 70.8 Å². The topological polar surface area (TPSA) is 61.9 Å². The molecule has 1 aromatic carbocycles. The van der Waals surface area contributed by atoms with E-state index in [4.69, 9.17) is 0 Å². The van der Waals surface area contributed by atoms with Crippen molar-refractivity contribution in [1.82, 2.24) is 19.9 Å². The Morgan fingerprint density at radius 2 is 1.82 bits per heavy atom. The average Bonchev–Trinajstić information content (AvgIpc) is 2.68. The van der Waals surface area contributed by atoms with Crippen LogP contribution >= 0.6 is 0 Å². The van der Waals surface area contributed by atoms with Gasteiger partial charge in [-0.1, -0.05) is 24.3 Å². The molecule has 144 valence electrons. The first-order chi connectivity index (χ1) is 13.5. The second kappa shape index (κ2) is 7.59. The number of nitrogens with zero attached hydrogens (tertiary/aromatic N) is 3. The standard InChI is InChI=1S/C21H20F2N4O/c22-21(23)8-1-11-27(14-21)13-15-2-4-17(5-3-15)20-25-18(12-19(28)26-20)16-6-9-24-10-7-16/h2-7,9-10,12H,1,8,11,13-14H2,(H,25,26,28). The molecule has 1 aliphatic heterocycles. The molecule has 4 rings (SSSR count). The Morgan fingerprint density at radius 3 is 2.54 bits per heavy atom. The number of halogens is 2. The molecule has 0 atom stereocenters. The molecule has 3 heterocycles. The number of pyridine rings is 1. The summed E-state index contributed by atoms with van der Waals surface area (Å²) in [4.78, 5) is 25.1. The third kappa shape index (κ3) is 4.31. The van der Waals surface area contributed by atoms with Gasteiger partial charge in [-0.05, 0) is 30.7 Å². The predicted octanol–water partition coefficient (Wildman–Crippen LogP) is 3.73. The monoisotopic (exact) mass is 382 g/mol. The van der Waals surface area contributed by atoms with E-state index in [0.717, 1.165) is 16.7 Å². The van der Waals surface area contributed by atoms with Crippen LogP contribution in [0.2, 0.25) is 0 Å². The molecule has 5 nitrogen and oxygen atoms in total. The molecule has 3 aromatic rings. The highest BCUT2D eigenvalue weighted by Gasteiger charge is 2.34. The number of nitrogens with one attached hydrogen (secondary N) is 1. The van der Waals surface area contributed by atoms with E-state index in [-0.39, 0.29) is 18.5 Å². The summed E-state index contributed by atoms with van der Waals surface area (Å²) in [7, 11) is 0. The Kier molecular flexibility index (Phi) is 5.00. The van der Waals surface area contributed by atoms with Gasteiger partial charge in [-0.15, -0.1) is 0 Å². The van der Waals surface area contributed by atoms with E-state index in [9.17, 15) is 13.6 Å². The van der Waals surface area contributed by atoms with Gasteiger partial charge in [0.15, 0.2) is 0 Å². The van der Waals surface area contributed by atoms with Crippen LogP contribution in [0.25, 0.3) is 22.6 Å². The van der Waals surface area contributed by atoms with Crippen LogP contribution in [-0.4, -0.2) is 38.9 Å². The third-order valence-electron chi connectivity index (χ3n) is 4.82. The minimum Gasteiger partial charge on any atom is -0.306 e. The lowest BCUT2D eigenvalue weighted by molar-refractivity contribution is -0.0661. The first kappa shape index (κ1) is 18.4. The highest BCUT2D eigenvalue weighted by Crippen LogP contribution is 2.27. The summed E-state index contributed by atoms with van der Waals surface area (Å²) in [6, 6.07) is 12.5. The average molecular weight is 382 g/mol. The van der Waals surface area contributed by atoms with Crippen LogP contribution in [0.1, 0.15) is 18.4 Å². The summed E-state index contributed by atoms with van der Waals surface area (Å²) in [6.07, 6.45) is 3.78. The Labute approximate surface area is 161 Å². The lowest BCUT2D eigenvalue weighted by atomic mass is 10.1. The minimum atomic E-state index is -2.60. The van der Waals surface area contributed by atoms with E-state index >= 15 is 0 Å². The van der Waals surface area contributed by atoms with Crippen molar-refractivity contribution >= 4 is 0 Å². The fraction of sp³-hybridized carbons (Fsp3) is 0.286. The largest absolute Gasteiger partial charge is 0.306 e. The van der Waals surface area contributed by atoms with Gasteiger partial charge in [-0.25, -0.2) is 13.8 Å². The van der Waals surface area contributed by atoms with Crippen LogP contribution in [0.4, 0.5) is 8.78 Å². The lowest BCUT2D eigenvalue weighted by Crippen LogP contribution is -2.41.